The molecule has 1 heterocycles. The van der Waals surface area contributed by atoms with Crippen molar-refractivity contribution in [3.8, 4) is 0 Å². The van der Waals surface area contributed by atoms with Crippen LogP contribution in [0.3, 0.4) is 0 Å². The summed E-state index contributed by atoms with van der Waals surface area (Å²) in [5.74, 6) is 0.581. The van der Waals surface area contributed by atoms with Gasteiger partial charge in [0.15, 0.2) is 0 Å². The van der Waals surface area contributed by atoms with Gasteiger partial charge >= 0.3 is 0 Å². The number of thiazole rings is 1. The Morgan fingerprint density at radius 3 is 2.58 bits per heavy atom. The summed E-state index contributed by atoms with van der Waals surface area (Å²) in [5.41, 5.74) is 1.72. The molecule has 0 N–H and O–H groups in total. The van der Waals surface area contributed by atoms with Crippen molar-refractivity contribution in [3.05, 3.63) is 16.1 Å². The van der Waals surface area contributed by atoms with Gasteiger partial charge in [-0.15, -0.1) is 11.3 Å². The van der Waals surface area contributed by atoms with Gasteiger partial charge in [0, 0.05) is 10.8 Å². The first-order chi connectivity index (χ1) is 5.62. The first-order valence-corrected chi connectivity index (χ1v) is 5.46. The lowest BCUT2D eigenvalue weighted by Crippen LogP contribution is -1.99. The molecule has 1 nitrogen and oxygen atoms in total. The van der Waals surface area contributed by atoms with E-state index in [0.717, 1.165) is 0 Å². The van der Waals surface area contributed by atoms with Crippen molar-refractivity contribution in [2.75, 3.05) is 0 Å². The van der Waals surface area contributed by atoms with Crippen LogP contribution in [-0.2, 0) is 5.41 Å². The summed E-state index contributed by atoms with van der Waals surface area (Å²) < 4.78 is 0. The molecule has 1 saturated carbocycles. The summed E-state index contributed by atoms with van der Waals surface area (Å²) in [6, 6.07) is 0. The zero-order chi connectivity index (χ0) is 8.77. The molecule has 1 fully saturated rings. The van der Waals surface area contributed by atoms with E-state index in [2.05, 4.69) is 31.1 Å². The molecule has 12 heavy (non-hydrogen) atoms. The first-order valence-electron chi connectivity index (χ1n) is 4.58. The highest BCUT2D eigenvalue weighted by Crippen LogP contribution is 2.48. The molecule has 0 amide bonds. The van der Waals surface area contributed by atoms with Gasteiger partial charge in [0.05, 0.1) is 10.7 Å². The second kappa shape index (κ2) is 2.56. The lowest BCUT2D eigenvalue weighted by molar-refractivity contribution is 0.750. The van der Waals surface area contributed by atoms with Crippen molar-refractivity contribution in [1.29, 1.82) is 0 Å². The van der Waals surface area contributed by atoms with E-state index in [9.17, 15) is 0 Å². The molecular weight excluding hydrogens is 166 g/mol. The number of hydrogen-bond donors (Lipinski definition) is 0. The molecule has 1 aromatic heterocycles. The maximum absolute atomic E-state index is 4.66. The lowest BCUT2D eigenvalue weighted by atomic mass is 10.1. The van der Waals surface area contributed by atoms with Crippen LogP contribution in [0.2, 0.25) is 0 Å². The number of rotatable bonds is 2. The van der Waals surface area contributed by atoms with Crippen LogP contribution in [0.5, 0.6) is 0 Å². The van der Waals surface area contributed by atoms with Crippen LogP contribution in [0.1, 0.15) is 50.2 Å². The fourth-order valence-corrected chi connectivity index (χ4v) is 2.43. The van der Waals surface area contributed by atoms with E-state index in [-0.39, 0.29) is 0 Å². The van der Waals surface area contributed by atoms with Crippen molar-refractivity contribution >= 4 is 11.3 Å². The second-order valence-corrected chi connectivity index (χ2v) is 5.15. The van der Waals surface area contributed by atoms with Crippen LogP contribution in [0.4, 0.5) is 0 Å². The highest BCUT2D eigenvalue weighted by Gasteiger charge is 2.41. The Morgan fingerprint density at radius 2 is 2.17 bits per heavy atom. The predicted octanol–water partition coefficient (Wildman–Crippen LogP) is 3.32. The highest BCUT2D eigenvalue weighted by atomic mass is 32.1. The number of hydrogen-bond acceptors (Lipinski definition) is 2. The van der Waals surface area contributed by atoms with Crippen molar-refractivity contribution in [3.63, 3.8) is 0 Å². The van der Waals surface area contributed by atoms with E-state index in [0.29, 0.717) is 11.3 Å². The second-order valence-electron chi connectivity index (χ2n) is 4.29. The van der Waals surface area contributed by atoms with Gasteiger partial charge in [-0.2, -0.15) is 0 Å². The summed E-state index contributed by atoms with van der Waals surface area (Å²) in [4.78, 5) is 4.66. The topological polar surface area (TPSA) is 12.9 Å². The van der Waals surface area contributed by atoms with E-state index in [1.165, 1.54) is 23.5 Å². The van der Waals surface area contributed by atoms with E-state index >= 15 is 0 Å². The molecule has 0 aliphatic heterocycles. The van der Waals surface area contributed by atoms with E-state index in [4.69, 9.17) is 0 Å². The fourth-order valence-electron chi connectivity index (χ4n) is 1.23. The van der Waals surface area contributed by atoms with E-state index < -0.39 is 0 Å². The third-order valence-electron chi connectivity index (χ3n) is 2.63. The van der Waals surface area contributed by atoms with Crippen LogP contribution in [0, 0.1) is 0 Å². The van der Waals surface area contributed by atoms with Crippen molar-refractivity contribution < 1.29 is 0 Å². The standard InChI is InChI=1S/C10H15NS/c1-7(2)8-6-12-9(11-8)10(3)4-5-10/h6-7H,4-5H2,1-3H3. The minimum Gasteiger partial charge on any atom is -0.245 e. The molecule has 0 bridgehead atoms. The Balaban J connectivity index is 2.25. The molecule has 0 spiro atoms. The quantitative estimate of drug-likeness (QED) is 0.682. The zero-order valence-corrected chi connectivity index (χ0v) is 8.74. The highest BCUT2D eigenvalue weighted by molar-refractivity contribution is 7.09. The Hall–Kier alpha value is -0.370. The Bertz CT molecular complexity index is 284. The summed E-state index contributed by atoms with van der Waals surface area (Å²) in [6.07, 6.45) is 2.66. The number of nitrogens with zero attached hydrogens (tertiary/aromatic N) is 1. The number of aromatic nitrogens is 1. The molecule has 2 rings (SSSR count). The molecule has 2 heteroatoms. The normalized spacial score (nSPS) is 20.0. The summed E-state index contributed by atoms with van der Waals surface area (Å²) >= 11 is 1.84. The van der Waals surface area contributed by atoms with Gasteiger partial charge in [0.2, 0.25) is 0 Å². The predicted molar refractivity (Wildman–Crippen MR) is 52.8 cm³/mol. The molecule has 1 aliphatic carbocycles. The third-order valence-corrected chi connectivity index (χ3v) is 3.80. The molecule has 0 unspecified atom stereocenters. The maximum Gasteiger partial charge on any atom is 0.0987 e. The van der Waals surface area contributed by atoms with Crippen molar-refractivity contribution in [2.24, 2.45) is 0 Å². The van der Waals surface area contributed by atoms with E-state index in [1.54, 1.807) is 0 Å². The van der Waals surface area contributed by atoms with Gasteiger partial charge in [0.1, 0.15) is 0 Å². The van der Waals surface area contributed by atoms with Crippen LogP contribution in [-0.4, -0.2) is 4.98 Å². The monoisotopic (exact) mass is 181 g/mol. The van der Waals surface area contributed by atoms with Crippen LogP contribution in [0.15, 0.2) is 5.38 Å². The summed E-state index contributed by atoms with van der Waals surface area (Å²) in [7, 11) is 0. The maximum atomic E-state index is 4.66. The van der Waals surface area contributed by atoms with Gasteiger partial charge < -0.3 is 0 Å². The Kier molecular flexibility index (Phi) is 1.76. The Morgan fingerprint density at radius 1 is 1.50 bits per heavy atom. The smallest absolute Gasteiger partial charge is 0.0987 e. The molecule has 66 valence electrons. The minimum atomic E-state index is 0.456. The molecule has 0 saturated heterocycles. The lowest BCUT2D eigenvalue weighted by Gasteiger charge is -2.02. The summed E-state index contributed by atoms with van der Waals surface area (Å²) in [5, 5.41) is 3.56. The van der Waals surface area contributed by atoms with Crippen LogP contribution >= 0.6 is 11.3 Å². The average molecular weight is 181 g/mol. The van der Waals surface area contributed by atoms with Crippen LogP contribution < -0.4 is 0 Å². The first kappa shape index (κ1) is 8.24. The van der Waals surface area contributed by atoms with Crippen molar-refractivity contribution in [1.82, 2.24) is 4.98 Å². The molecular formula is C10H15NS. The van der Waals surface area contributed by atoms with Gasteiger partial charge in [-0.1, -0.05) is 20.8 Å². The van der Waals surface area contributed by atoms with Gasteiger partial charge in [-0.3, -0.25) is 0 Å². The molecule has 0 aromatic carbocycles. The molecule has 0 atom stereocenters. The van der Waals surface area contributed by atoms with Gasteiger partial charge in [0.25, 0.3) is 0 Å². The minimum absolute atomic E-state index is 0.456. The average Bonchev–Trinajstić information content (AvgIpc) is 2.61. The van der Waals surface area contributed by atoms with E-state index in [1.807, 2.05) is 11.3 Å². The largest absolute Gasteiger partial charge is 0.245 e. The molecule has 1 aromatic rings. The van der Waals surface area contributed by atoms with Gasteiger partial charge in [-0.25, -0.2) is 4.98 Å². The molecule has 1 aliphatic rings. The van der Waals surface area contributed by atoms with Gasteiger partial charge in [-0.05, 0) is 18.8 Å². The van der Waals surface area contributed by atoms with Crippen LogP contribution in [0.25, 0.3) is 0 Å². The summed E-state index contributed by atoms with van der Waals surface area (Å²) in [6.45, 7) is 6.72. The SMILES string of the molecule is CC(C)c1csc(C2(C)CC2)n1. The Labute approximate surface area is 77.8 Å². The van der Waals surface area contributed by atoms with Crippen molar-refractivity contribution in [2.45, 2.75) is 44.9 Å². The fraction of sp³-hybridized carbons (Fsp3) is 0.700. The molecule has 0 radical (unpaired) electrons. The zero-order valence-electron chi connectivity index (χ0n) is 7.92. The third kappa shape index (κ3) is 1.28.